The molecule has 0 N–H and O–H groups in total. The van der Waals surface area contributed by atoms with E-state index in [0.717, 1.165) is 32.5 Å². The van der Waals surface area contributed by atoms with Crippen molar-refractivity contribution in [1.29, 1.82) is 0 Å². The van der Waals surface area contributed by atoms with Gasteiger partial charge in [0.25, 0.3) is 5.91 Å². The van der Waals surface area contributed by atoms with Crippen molar-refractivity contribution < 1.29 is 9.21 Å². The summed E-state index contributed by atoms with van der Waals surface area (Å²) in [4.78, 5) is 16.7. The van der Waals surface area contributed by atoms with Crippen LogP contribution in [0.3, 0.4) is 0 Å². The SMILES string of the molecule is CC(C)Cc1nnc(C2CC3(CN(C(=O)c4cnn(C)c4)C3)CN2C)o1. The molecule has 1 unspecified atom stereocenters. The minimum absolute atomic E-state index is 0.0619. The predicted molar refractivity (Wildman–Crippen MR) is 94.4 cm³/mol. The summed E-state index contributed by atoms with van der Waals surface area (Å²) in [6.07, 6.45) is 5.16. The number of carbonyl (C=O) groups excluding carboxylic acids is 1. The average Bonchev–Trinajstić information content (AvgIpc) is 3.23. The van der Waals surface area contributed by atoms with Gasteiger partial charge in [0.15, 0.2) is 0 Å². The third-order valence-electron chi connectivity index (χ3n) is 5.39. The van der Waals surface area contributed by atoms with E-state index in [9.17, 15) is 4.79 Å². The summed E-state index contributed by atoms with van der Waals surface area (Å²) in [5.41, 5.74) is 0.782. The summed E-state index contributed by atoms with van der Waals surface area (Å²) >= 11 is 0. The first-order chi connectivity index (χ1) is 12.3. The van der Waals surface area contributed by atoms with Gasteiger partial charge in [0.2, 0.25) is 11.8 Å². The molecule has 0 aromatic carbocycles. The van der Waals surface area contributed by atoms with E-state index in [0.29, 0.717) is 23.3 Å². The van der Waals surface area contributed by atoms with Gasteiger partial charge in [-0.15, -0.1) is 10.2 Å². The number of rotatable bonds is 4. The summed E-state index contributed by atoms with van der Waals surface area (Å²) in [5, 5.41) is 12.6. The molecule has 0 bridgehead atoms. The van der Waals surface area contributed by atoms with Crippen molar-refractivity contribution in [3.8, 4) is 0 Å². The number of hydrogen-bond acceptors (Lipinski definition) is 6. The van der Waals surface area contributed by atoms with E-state index in [-0.39, 0.29) is 17.4 Å². The number of aryl methyl sites for hydroxylation is 1. The molecule has 1 spiro atoms. The van der Waals surface area contributed by atoms with Gasteiger partial charge in [-0.25, -0.2) is 0 Å². The Hall–Kier alpha value is -2.22. The maximum Gasteiger partial charge on any atom is 0.257 e. The van der Waals surface area contributed by atoms with Gasteiger partial charge in [0, 0.05) is 44.7 Å². The second-order valence-corrected chi connectivity index (χ2v) is 8.33. The van der Waals surface area contributed by atoms with Gasteiger partial charge in [0.1, 0.15) is 0 Å². The highest BCUT2D eigenvalue weighted by Gasteiger charge is 2.53. The van der Waals surface area contributed by atoms with Gasteiger partial charge in [-0.3, -0.25) is 14.4 Å². The topological polar surface area (TPSA) is 80.3 Å². The molecule has 4 rings (SSSR count). The molecule has 2 aromatic heterocycles. The van der Waals surface area contributed by atoms with Gasteiger partial charge >= 0.3 is 0 Å². The van der Waals surface area contributed by atoms with Crippen LogP contribution in [0.1, 0.15) is 48.4 Å². The van der Waals surface area contributed by atoms with Crippen LogP contribution in [0.15, 0.2) is 16.8 Å². The summed E-state index contributed by atoms with van der Waals surface area (Å²) in [7, 11) is 3.92. The molecule has 140 valence electrons. The maximum atomic E-state index is 12.5. The predicted octanol–water partition coefficient (Wildman–Crippen LogP) is 1.52. The van der Waals surface area contributed by atoms with E-state index in [1.807, 2.05) is 11.9 Å². The van der Waals surface area contributed by atoms with E-state index in [1.165, 1.54) is 0 Å². The van der Waals surface area contributed by atoms with Crippen LogP contribution < -0.4 is 0 Å². The molecule has 1 atom stereocenters. The van der Waals surface area contributed by atoms with Crippen molar-refractivity contribution in [1.82, 2.24) is 29.8 Å². The van der Waals surface area contributed by atoms with Crippen LogP contribution in [-0.4, -0.2) is 62.4 Å². The lowest BCUT2D eigenvalue weighted by molar-refractivity contribution is 0.0115. The summed E-state index contributed by atoms with van der Waals surface area (Å²) in [5.74, 6) is 1.98. The van der Waals surface area contributed by atoms with Crippen molar-refractivity contribution in [2.75, 3.05) is 26.7 Å². The monoisotopic (exact) mass is 358 g/mol. The summed E-state index contributed by atoms with van der Waals surface area (Å²) < 4.78 is 7.56. The van der Waals surface area contributed by atoms with Crippen LogP contribution in [0.4, 0.5) is 0 Å². The highest BCUT2D eigenvalue weighted by atomic mass is 16.4. The van der Waals surface area contributed by atoms with Crippen molar-refractivity contribution in [3.05, 3.63) is 29.7 Å². The van der Waals surface area contributed by atoms with Crippen LogP contribution in [0.25, 0.3) is 0 Å². The van der Waals surface area contributed by atoms with E-state index in [4.69, 9.17) is 4.42 Å². The third kappa shape index (κ3) is 3.02. The molecular formula is C18H26N6O2. The minimum Gasteiger partial charge on any atom is -0.424 e. The largest absolute Gasteiger partial charge is 0.424 e. The molecule has 0 aliphatic carbocycles. The zero-order valence-corrected chi connectivity index (χ0v) is 15.8. The molecule has 0 radical (unpaired) electrons. The van der Waals surface area contributed by atoms with Crippen LogP contribution in [0, 0.1) is 11.3 Å². The first-order valence-electron chi connectivity index (χ1n) is 9.16. The maximum absolute atomic E-state index is 12.5. The fourth-order valence-corrected chi connectivity index (χ4v) is 4.23. The number of aromatic nitrogens is 4. The van der Waals surface area contributed by atoms with Crippen LogP contribution in [0.2, 0.25) is 0 Å². The number of likely N-dealkylation sites (tertiary alicyclic amines) is 2. The Bertz CT molecular complexity index is 804. The average molecular weight is 358 g/mol. The Kier molecular flexibility index (Phi) is 4.10. The Morgan fingerprint density at radius 3 is 2.73 bits per heavy atom. The lowest BCUT2D eigenvalue weighted by Gasteiger charge is -2.47. The Morgan fingerprint density at radius 1 is 1.31 bits per heavy atom. The van der Waals surface area contributed by atoms with E-state index >= 15 is 0 Å². The van der Waals surface area contributed by atoms with Crippen molar-refractivity contribution >= 4 is 5.91 Å². The molecule has 2 fully saturated rings. The molecule has 8 nitrogen and oxygen atoms in total. The standard InChI is InChI=1S/C18H26N6O2/c1-12(2)5-15-20-21-16(26-15)14-6-18(9-22(14)3)10-24(11-18)17(25)13-7-19-23(4)8-13/h7-8,12,14H,5-6,9-11H2,1-4H3. The molecule has 1 amide bonds. The molecule has 2 aromatic rings. The Balaban J connectivity index is 1.40. The Morgan fingerprint density at radius 2 is 2.08 bits per heavy atom. The number of carbonyl (C=O) groups is 1. The molecule has 2 aliphatic rings. The van der Waals surface area contributed by atoms with Crippen LogP contribution in [0.5, 0.6) is 0 Å². The zero-order chi connectivity index (χ0) is 18.5. The molecule has 4 heterocycles. The minimum atomic E-state index is 0.0619. The molecule has 26 heavy (non-hydrogen) atoms. The number of nitrogens with zero attached hydrogens (tertiary/aromatic N) is 6. The smallest absolute Gasteiger partial charge is 0.257 e. The first-order valence-corrected chi connectivity index (χ1v) is 9.16. The molecule has 2 aliphatic heterocycles. The van der Waals surface area contributed by atoms with E-state index in [2.05, 4.69) is 41.1 Å². The molecule has 8 heteroatoms. The van der Waals surface area contributed by atoms with Crippen molar-refractivity contribution in [2.24, 2.45) is 18.4 Å². The van der Waals surface area contributed by atoms with Crippen LogP contribution in [-0.2, 0) is 13.5 Å². The third-order valence-corrected chi connectivity index (χ3v) is 5.39. The highest BCUT2D eigenvalue weighted by molar-refractivity contribution is 5.94. The van der Waals surface area contributed by atoms with Crippen molar-refractivity contribution in [3.63, 3.8) is 0 Å². The van der Waals surface area contributed by atoms with Crippen LogP contribution >= 0.6 is 0 Å². The quantitative estimate of drug-likeness (QED) is 0.824. The highest BCUT2D eigenvalue weighted by Crippen LogP contribution is 2.47. The van der Waals surface area contributed by atoms with Gasteiger partial charge in [-0.05, 0) is 19.4 Å². The summed E-state index contributed by atoms with van der Waals surface area (Å²) in [6.45, 7) is 6.77. The Labute approximate surface area is 153 Å². The fourth-order valence-electron chi connectivity index (χ4n) is 4.23. The fraction of sp³-hybridized carbons (Fsp3) is 0.667. The molecule has 2 saturated heterocycles. The zero-order valence-electron chi connectivity index (χ0n) is 15.8. The van der Waals surface area contributed by atoms with E-state index in [1.54, 1.807) is 17.1 Å². The number of hydrogen-bond donors (Lipinski definition) is 0. The first kappa shape index (κ1) is 17.2. The van der Waals surface area contributed by atoms with Gasteiger partial charge in [-0.2, -0.15) is 5.10 Å². The summed E-state index contributed by atoms with van der Waals surface area (Å²) in [6, 6.07) is 0.138. The lowest BCUT2D eigenvalue weighted by atomic mass is 9.77. The van der Waals surface area contributed by atoms with Gasteiger partial charge in [0.05, 0.1) is 17.8 Å². The molecule has 0 saturated carbocycles. The second kappa shape index (κ2) is 6.19. The normalized spacial score (nSPS) is 22.3. The van der Waals surface area contributed by atoms with Crippen molar-refractivity contribution in [2.45, 2.75) is 32.7 Å². The second-order valence-electron chi connectivity index (χ2n) is 8.33. The van der Waals surface area contributed by atoms with Gasteiger partial charge < -0.3 is 9.32 Å². The number of amides is 1. The molecular weight excluding hydrogens is 332 g/mol. The van der Waals surface area contributed by atoms with E-state index < -0.39 is 0 Å². The lowest BCUT2D eigenvalue weighted by Crippen LogP contribution is -2.59. The van der Waals surface area contributed by atoms with Gasteiger partial charge in [-0.1, -0.05) is 13.8 Å².